The van der Waals surface area contributed by atoms with Gasteiger partial charge < -0.3 is 20.5 Å². The van der Waals surface area contributed by atoms with Crippen LogP contribution < -0.4 is 15.8 Å². The SMILES string of the molecule is CCOC(=O)c1ccc(OCC(=O)NCC(C)C)c(N)c1. The van der Waals surface area contributed by atoms with Crippen LogP contribution in [0.5, 0.6) is 5.75 Å². The number of esters is 1. The zero-order valence-corrected chi connectivity index (χ0v) is 12.6. The number of anilines is 1. The highest BCUT2D eigenvalue weighted by Gasteiger charge is 2.11. The van der Waals surface area contributed by atoms with Crippen LogP contribution in [0.15, 0.2) is 18.2 Å². The van der Waals surface area contributed by atoms with E-state index in [0.717, 1.165) is 0 Å². The van der Waals surface area contributed by atoms with Crippen LogP contribution in [0.25, 0.3) is 0 Å². The summed E-state index contributed by atoms with van der Waals surface area (Å²) in [5.41, 5.74) is 6.44. The van der Waals surface area contributed by atoms with Crippen molar-refractivity contribution in [1.82, 2.24) is 5.32 Å². The fourth-order valence-electron chi connectivity index (χ4n) is 1.53. The molecule has 3 N–H and O–H groups in total. The minimum Gasteiger partial charge on any atom is -0.482 e. The third kappa shape index (κ3) is 5.72. The fraction of sp³-hybridized carbons (Fsp3) is 0.467. The predicted octanol–water partition coefficient (Wildman–Crippen LogP) is 1.60. The van der Waals surface area contributed by atoms with Crippen molar-refractivity contribution in [3.8, 4) is 5.75 Å². The molecule has 0 bridgehead atoms. The number of hydrogen-bond acceptors (Lipinski definition) is 5. The van der Waals surface area contributed by atoms with Crippen molar-refractivity contribution in [3.05, 3.63) is 23.8 Å². The van der Waals surface area contributed by atoms with Crippen LogP contribution >= 0.6 is 0 Å². The second kappa shape index (κ2) is 8.14. The van der Waals surface area contributed by atoms with Gasteiger partial charge in [0.05, 0.1) is 17.9 Å². The maximum absolute atomic E-state index is 11.5. The molecular weight excluding hydrogens is 272 g/mol. The molecule has 0 atom stereocenters. The van der Waals surface area contributed by atoms with Crippen molar-refractivity contribution in [2.45, 2.75) is 20.8 Å². The van der Waals surface area contributed by atoms with E-state index in [2.05, 4.69) is 5.32 Å². The van der Waals surface area contributed by atoms with E-state index in [1.54, 1.807) is 19.1 Å². The molecule has 1 aromatic rings. The van der Waals surface area contributed by atoms with Crippen LogP contribution in [0.1, 0.15) is 31.1 Å². The van der Waals surface area contributed by atoms with E-state index in [9.17, 15) is 9.59 Å². The van der Waals surface area contributed by atoms with Gasteiger partial charge in [-0.2, -0.15) is 0 Å². The molecule has 21 heavy (non-hydrogen) atoms. The van der Waals surface area contributed by atoms with Crippen LogP contribution in [0.3, 0.4) is 0 Å². The van der Waals surface area contributed by atoms with Gasteiger partial charge in [-0.05, 0) is 31.0 Å². The van der Waals surface area contributed by atoms with Gasteiger partial charge in [0.25, 0.3) is 5.91 Å². The predicted molar refractivity (Wildman–Crippen MR) is 80.2 cm³/mol. The molecule has 6 nitrogen and oxygen atoms in total. The number of benzene rings is 1. The first kappa shape index (κ1) is 16.8. The standard InChI is InChI=1S/C15H22N2O4/c1-4-20-15(19)11-5-6-13(12(16)7-11)21-9-14(18)17-8-10(2)3/h5-7,10H,4,8-9,16H2,1-3H3,(H,17,18). The van der Waals surface area contributed by atoms with Gasteiger partial charge in [-0.3, -0.25) is 4.79 Å². The Balaban J connectivity index is 2.57. The molecule has 0 aromatic heterocycles. The van der Waals surface area contributed by atoms with E-state index in [4.69, 9.17) is 15.2 Å². The average molecular weight is 294 g/mol. The summed E-state index contributed by atoms with van der Waals surface area (Å²) in [6, 6.07) is 4.58. The molecule has 0 saturated carbocycles. The highest BCUT2D eigenvalue weighted by molar-refractivity contribution is 5.91. The zero-order chi connectivity index (χ0) is 15.8. The molecule has 1 aromatic carbocycles. The van der Waals surface area contributed by atoms with Crippen LogP contribution in [-0.4, -0.2) is 31.6 Å². The monoisotopic (exact) mass is 294 g/mol. The number of amides is 1. The van der Waals surface area contributed by atoms with E-state index in [1.807, 2.05) is 13.8 Å². The summed E-state index contributed by atoms with van der Waals surface area (Å²) >= 11 is 0. The van der Waals surface area contributed by atoms with Gasteiger partial charge in [-0.25, -0.2) is 4.79 Å². The quantitative estimate of drug-likeness (QED) is 0.589. The molecule has 0 saturated heterocycles. The molecule has 0 fully saturated rings. The summed E-state index contributed by atoms with van der Waals surface area (Å²) in [7, 11) is 0. The summed E-state index contributed by atoms with van der Waals surface area (Å²) in [6.07, 6.45) is 0. The van der Waals surface area contributed by atoms with Crippen molar-refractivity contribution >= 4 is 17.6 Å². The van der Waals surface area contributed by atoms with Crippen LogP contribution in [-0.2, 0) is 9.53 Å². The molecule has 0 unspecified atom stereocenters. The Labute approximate surface area is 124 Å². The number of nitrogens with two attached hydrogens (primary N) is 1. The molecular formula is C15H22N2O4. The van der Waals surface area contributed by atoms with Crippen molar-refractivity contribution in [2.75, 3.05) is 25.5 Å². The number of ether oxygens (including phenoxy) is 2. The van der Waals surface area contributed by atoms with Crippen LogP contribution in [0.4, 0.5) is 5.69 Å². The Kier molecular flexibility index (Phi) is 6.52. The smallest absolute Gasteiger partial charge is 0.338 e. The van der Waals surface area contributed by atoms with Gasteiger partial charge >= 0.3 is 5.97 Å². The zero-order valence-electron chi connectivity index (χ0n) is 12.6. The lowest BCUT2D eigenvalue weighted by molar-refractivity contribution is -0.123. The minimum atomic E-state index is -0.439. The molecule has 116 valence electrons. The average Bonchev–Trinajstić information content (AvgIpc) is 2.44. The Hall–Kier alpha value is -2.24. The van der Waals surface area contributed by atoms with Crippen LogP contribution in [0, 0.1) is 5.92 Å². The third-order valence-electron chi connectivity index (χ3n) is 2.59. The molecule has 0 aliphatic rings. The highest BCUT2D eigenvalue weighted by Crippen LogP contribution is 2.22. The highest BCUT2D eigenvalue weighted by atomic mass is 16.5. The van der Waals surface area contributed by atoms with Crippen molar-refractivity contribution in [3.63, 3.8) is 0 Å². The lowest BCUT2D eigenvalue weighted by atomic mass is 10.2. The van der Waals surface area contributed by atoms with Gasteiger partial charge in [0.2, 0.25) is 0 Å². The normalized spacial score (nSPS) is 10.3. The van der Waals surface area contributed by atoms with Gasteiger partial charge in [0, 0.05) is 6.54 Å². The molecule has 0 spiro atoms. The first-order valence-corrected chi connectivity index (χ1v) is 6.90. The Bertz CT molecular complexity index is 500. The van der Waals surface area contributed by atoms with Crippen molar-refractivity contribution in [1.29, 1.82) is 0 Å². The summed E-state index contributed by atoms with van der Waals surface area (Å²) in [6.45, 7) is 6.52. The number of carbonyl (C=O) groups excluding carboxylic acids is 2. The summed E-state index contributed by atoms with van der Waals surface area (Å²) in [4.78, 5) is 23.1. The number of rotatable bonds is 7. The lowest BCUT2D eigenvalue weighted by Crippen LogP contribution is -2.31. The van der Waals surface area contributed by atoms with Gasteiger partial charge in [-0.15, -0.1) is 0 Å². The maximum Gasteiger partial charge on any atom is 0.338 e. The summed E-state index contributed by atoms with van der Waals surface area (Å²) < 4.78 is 10.2. The number of nitrogen functional groups attached to an aromatic ring is 1. The first-order chi connectivity index (χ1) is 9.93. The van der Waals surface area contributed by atoms with Gasteiger partial charge in [0.15, 0.2) is 6.61 Å². The molecule has 0 heterocycles. The maximum atomic E-state index is 11.5. The fourth-order valence-corrected chi connectivity index (χ4v) is 1.53. The van der Waals surface area contributed by atoms with Gasteiger partial charge in [-0.1, -0.05) is 13.8 Å². The molecule has 0 aliphatic heterocycles. The molecule has 1 amide bonds. The molecule has 1 rings (SSSR count). The molecule has 0 aliphatic carbocycles. The second-order valence-corrected chi connectivity index (χ2v) is 4.96. The second-order valence-electron chi connectivity index (χ2n) is 4.96. The molecule has 6 heteroatoms. The number of nitrogens with one attached hydrogen (secondary N) is 1. The lowest BCUT2D eigenvalue weighted by Gasteiger charge is -2.11. The molecule has 0 radical (unpaired) electrons. The number of carbonyl (C=O) groups is 2. The topological polar surface area (TPSA) is 90.6 Å². The van der Waals surface area contributed by atoms with E-state index in [0.29, 0.717) is 30.4 Å². The van der Waals surface area contributed by atoms with Gasteiger partial charge in [0.1, 0.15) is 5.75 Å². The Morgan fingerprint density at radius 2 is 2.05 bits per heavy atom. The van der Waals surface area contributed by atoms with E-state index in [-0.39, 0.29) is 18.2 Å². The Morgan fingerprint density at radius 1 is 1.33 bits per heavy atom. The Morgan fingerprint density at radius 3 is 2.62 bits per heavy atom. The first-order valence-electron chi connectivity index (χ1n) is 6.90. The van der Waals surface area contributed by atoms with Crippen LogP contribution in [0.2, 0.25) is 0 Å². The van der Waals surface area contributed by atoms with E-state index in [1.165, 1.54) is 6.07 Å². The number of hydrogen-bond donors (Lipinski definition) is 2. The third-order valence-corrected chi connectivity index (χ3v) is 2.59. The van der Waals surface area contributed by atoms with Crippen molar-refractivity contribution in [2.24, 2.45) is 5.92 Å². The largest absolute Gasteiger partial charge is 0.482 e. The van der Waals surface area contributed by atoms with E-state index >= 15 is 0 Å². The summed E-state index contributed by atoms with van der Waals surface area (Å²) in [5, 5.41) is 2.74. The van der Waals surface area contributed by atoms with E-state index < -0.39 is 5.97 Å². The minimum absolute atomic E-state index is 0.115. The van der Waals surface area contributed by atoms with Crippen molar-refractivity contribution < 1.29 is 19.1 Å². The summed E-state index contributed by atoms with van der Waals surface area (Å²) in [5.74, 6) is 0.0913.